The number of aryl methyl sites for hydroxylation is 1. The zero-order valence-corrected chi connectivity index (χ0v) is 13.5. The molecule has 1 aromatic carbocycles. The second-order valence-corrected chi connectivity index (χ2v) is 6.36. The van der Waals surface area contributed by atoms with Crippen LogP contribution in [0.15, 0.2) is 18.2 Å². The van der Waals surface area contributed by atoms with E-state index in [1.54, 1.807) is 0 Å². The van der Waals surface area contributed by atoms with E-state index in [1.165, 1.54) is 43.2 Å². The van der Waals surface area contributed by atoms with Gasteiger partial charge in [-0.1, -0.05) is 31.4 Å². The highest BCUT2D eigenvalue weighted by atomic mass is 16.2. The SMILES string of the molecule is Cc1cccc(NC(C)C(=O)NCC2CCCCC2)c1C. The molecule has 116 valence electrons. The molecule has 21 heavy (non-hydrogen) atoms. The van der Waals surface area contributed by atoms with Crippen molar-refractivity contribution in [1.82, 2.24) is 5.32 Å². The average Bonchev–Trinajstić information content (AvgIpc) is 2.50. The van der Waals surface area contributed by atoms with Crippen molar-refractivity contribution in [3.63, 3.8) is 0 Å². The van der Waals surface area contributed by atoms with Crippen LogP contribution in [0.1, 0.15) is 50.2 Å². The predicted molar refractivity (Wildman–Crippen MR) is 88.6 cm³/mol. The fourth-order valence-corrected chi connectivity index (χ4v) is 3.00. The first-order chi connectivity index (χ1) is 10.1. The molecular weight excluding hydrogens is 260 g/mol. The highest BCUT2D eigenvalue weighted by molar-refractivity contribution is 5.84. The predicted octanol–water partition coefficient (Wildman–Crippen LogP) is 3.80. The molecule has 3 heteroatoms. The van der Waals surface area contributed by atoms with Gasteiger partial charge in [0.05, 0.1) is 0 Å². The molecule has 1 amide bonds. The topological polar surface area (TPSA) is 41.1 Å². The molecule has 0 bridgehead atoms. The molecule has 0 saturated heterocycles. The number of amides is 1. The minimum atomic E-state index is -0.200. The Bertz CT molecular complexity index is 478. The third kappa shape index (κ3) is 4.48. The molecule has 1 atom stereocenters. The van der Waals surface area contributed by atoms with Gasteiger partial charge in [-0.15, -0.1) is 0 Å². The van der Waals surface area contributed by atoms with Crippen LogP contribution in [0.3, 0.4) is 0 Å². The van der Waals surface area contributed by atoms with E-state index in [0.717, 1.165) is 12.2 Å². The Kier molecular flexibility index (Phi) is 5.66. The third-order valence-corrected chi connectivity index (χ3v) is 4.66. The minimum Gasteiger partial charge on any atom is -0.374 e. The number of rotatable bonds is 5. The lowest BCUT2D eigenvalue weighted by atomic mass is 9.89. The van der Waals surface area contributed by atoms with E-state index in [-0.39, 0.29) is 11.9 Å². The van der Waals surface area contributed by atoms with E-state index in [9.17, 15) is 4.79 Å². The third-order valence-electron chi connectivity index (χ3n) is 4.66. The first-order valence-corrected chi connectivity index (χ1v) is 8.18. The molecule has 1 aliphatic carbocycles. The molecule has 0 heterocycles. The fourth-order valence-electron chi connectivity index (χ4n) is 3.00. The summed E-state index contributed by atoms with van der Waals surface area (Å²) in [6.07, 6.45) is 6.51. The Labute approximate surface area is 128 Å². The highest BCUT2D eigenvalue weighted by Crippen LogP contribution is 2.23. The average molecular weight is 288 g/mol. The van der Waals surface area contributed by atoms with Gasteiger partial charge in [-0.25, -0.2) is 0 Å². The van der Waals surface area contributed by atoms with Crippen molar-refractivity contribution in [3.05, 3.63) is 29.3 Å². The van der Waals surface area contributed by atoms with Crippen LogP contribution >= 0.6 is 0 Å². The number of carbonyl (C=O) groups excluding carboxylic acids is 1. The van der Waals surface area contributed by atoms with Gasteiger partial charge in [0.15, 0.2) is 0 Å². The van der Waals surface area contributed by atoms with Gasteiger partial charge in [0.1, 0.15) is 6.04 Å². The molecule has 3 nitrogen and oxygen atoms in total. The zero-order chi connectivity index (χ0) is 15.2. The van der Waals surface area contributed by atoms with Crippen molar-refractivity contribution in [2.45, 2.75) is 58.9 Å². The highest BCUT2D eigenvalue weighted by Gasteiger charge is 2.17. The van der Waals surface area contributed by atoms with Crippen molar-refractivity contribution < 1.29 is 4.79 Å². The summed E-state index contributed by atoms with van der Waals surface area (Å²) in [5.74, 6) is 0.775. The lowest BCUT2D eigenvalue weighted by Gasteiger charge is -2.23. The van der Waals surface area contributed by atoms with E-state index in [4.69, 9.17) is 0 Å². The van der Waals surface area contributed by atoms with Gasteiger partial charge in [0.25, 0.3) is 0 Å². The van der Waals surface area contributed by atoms with Crippen LogP contribution < -0.4 is 10.6 Å². The summed E-state index contributed by atoms with van der Waals surface area (Å²) in [5, 5.41) is 6.43. The maximum Gasteiger partial charge on any atom is 0.242 e. The molecule has 1 aliphatic rings. The van der Waals surface area contributed by atoms with Gasteiger partial charge in [0.2, 0.25) is 5.91 Å². The summed E-state index contributed by atoms with van der Waals surface area (Å²) in [5.41, 5.74) is 3.51. The number of anilines is 1. The Hall–Kier alpha value is -1.51. The maximum absolute atomic E-state index is 12.2. The van der Waals surface area contributed by atoms with E-state index < -0.39 is 0 Å². The molecule has 0 aromatic heterocycles. The molecule has 0 aliphatic heterocycles. The van der Waals surface area contributed by atoms with Crippen LogP contribution in [0, 0.1) is 19.8 Å². The lowest BCUT2D eigenvalue weighted by molar-refractivity contribution is -0.121. The van der Waals surface area contributed by atoms with Crippen molar-refractivity contribution in [1.29, 1.82) is 0 Å². The largest absolute Gasteiger partial charge is 0.374 e. The second-order valence-electron chi connectivity index (χ2n) is 6.36. The molecule has 0 radical (unpaired) electrons. The van der Waals surface area contributed by atoms with Crippen molar-refractivity contribution >= 4 is 11.6 Å². The second kappa shape index (κ2) is 7.48. The number of carbonyl (C=O) groups is 1. The molecule has 1 aromatic rings. The lowest BCUT2D eigenvalue weighted by Crippen LogP contribution is -2.40. The standard InChI is InChI=1S/C18H28N2O/c1-13-8-7-11-17(14(13)2)20-15(3)18(21)19-12-16-9-5-4-6-10-16/h7-8,11,15-16,20H,4-6,9-10,12H2,1-3H3,(H,19,21). The number of hydrogen-bond donors (Lipinski definition) is 2. The van der Waals surface area contributed by atoms with E-state index in [2.05, 4.69) is 30.5 Å². The first-order valence-electron chi connectivity index (χ1n) is 8.18. The Balaban J connectivity index is 1.83. The van der Waals surface area contributed by atoms with Crippen LogP contribution in [0.2, 0.25) is 0 Å². The Morgan fingerprint density at radius 2 is 1.95 bits per heavy atom. The maximum atomic E-state index is 12.2. The molecule has 0 spiro atoms. The van der Waals surface area contributed by atoms with Crippen LogP contribution in [-0.4, -0.2) is 18.5 Å². The van der Waals surface area contributed by atoms with E-state index >= 15 is 0 Å². The first kappa shape index (κ1) is 15.9. The van der Waals surface area contributed by atoms with E-state index in [1.807, 2.05) is 19.1 Å². The van der Waals surface area contributed by atoms with Gasteiger partial charge in [0, 0.05) is 12.2 Å². The minimum absolute atomic E-state index is 0.0986. The summed E-state index contributed by atoms with van der Waals surface area (Å²) in [6.45, 7) is 6.94. The van der Waals surface area contributed by atoms with E-state index in [0.29, 0.717) is 5.92 Å². The molecule has 1 unspecified atom stereocenters. The normalized spacial score (nSPS) is 17.3. The summed E-state index contributed by atoms with van der Waals surface area (Å²) in [6, 6.07) is 5.95. The van der Waals surface area contributed by atoms with Gasteiger partial charge >= 0.3 is 0 Å². The summed E-state index contributed by atoms with van der Waals surface area (Å²) in [7, 11) is 0. The summed E-state index contributed by atoms with van der Waals surface area (Å²) >= 11 is 0. The Morgan fingerprint density at radius 1 is 1.24 bits per heavy atom. The Morgan fingerprint density at radius 3 is 2.67 bits per heavy atom. The van der Waals surface area contributed by atoms with Crippen molar-refractivity contribution in [2.24, 2.45) is 5.92 Å². The molecule has 2 rings (SSSR count). The molecule has 2 N–H and O–H groups in total. The summed E-state index contributed by atoms with van der Waals surface area (Å²) in [4.78, 5) is 12.2. The molecule has 1 saturated carbocycles. The van der Waals surface area contributed by atoms with Crippen LogP contribution in [-0.2, 0) is 4.79 Å². The van der Waals surface area contributed by atoms with Crippen molar-refractivity contribution in [2.75, 3.05) is 11.9 Å². The monoisotopic (exact) mass is 288 g/mol. The zero-order valence-electron chi connectivity index (χ0n) is 13.5. The van der Waals surface area contributed by atoms with Gasteiger partial charge < -0.3 is 10.6 Å². The molecular formula is C18H28N2O. The smallest absolute Gasteiger partial charge is 0.242 e. The summed E-state index contributed by atoms with van der Waals surface area (Å²) < 4.78 is 0. The fraction of sp³-hybridized carbons (Fsp3) is 0.611. The van der Waals surface area contributed by atoms with Gasteiger partial charge in [-0.2, -0.15) is 0 Å². The number of hydrogen-bond acceptors (Lipinski definition) is 2. The quantitative estimate of drug-likeness (QED) is 0.865. The van der Waals surface area contributed by atoms with Gasteiger partial charge in [-0.05, 0) is 56.7 Å². The molecule has 1 fully saturated rings. The number of nitrogens with one attached hydrogen (secondary N) is 2. The van der Waals surface area contributed by atoms with Crippen LogP contribution in [0.25, 0.3) is 0 Å². The van der Waals surface area contributed by atoms with Gasteiger partial charge in [-0.3, -0.25) is 4.79 Å². The number of benzene rings is 1. The van der Waals surface area contributed by atoms with Crippen LogP contribution in [0.5, 0.6) is 0 Å². The van der Waals surface area contributed by atoms with Crippen molar-refractivity contribution in [3.8, 4) is 0 Å². The van der Waals surface area contributed by atoms with Crippen LogP contribution in [0.4, 0.5) is 5.69 Å².